The SMILES string of the molecule is CC(C=O)Cc1ccc2c(c1)OCCCO2. The van der Waals surface area contributed by atoms with Crippen LogP contribution in [0.5, 0.6) is 11.5 Å². The summed E-state index contributed by atoms with van der Waals surface area (Å²) in [5, 5.41) is 0. The van der Waals surface area contributed by atoms with Gasteiger partial charge >= 0.3 is 0 Å². The lowest BCUT2D eigenvalue weighted by Crippen LogP contribution is -2.01. The molecule has 3 nitrogen and oxygen atoms in total. The van der Waals surface area contributed by atoms with Gasteiger partial charge in [0.25, 0.3) is 0 Å². The van der Waals surface area contributed by atoms with Gasteiger partial charge in [0.1, 0.15) is 6.29 Å². The van der Waals surface area contributed by atoms with Gasteiger partial charge < -0.3 is 14.3 Å². The van der Waals surface area contributed by atoms with Crippen molar-refractivity contribution in [3.8, 4) is 11.5 Å². The molecule has 0 aliphatic carbocycles. The number of rotatable bonds is 3. The van der Waals surface area contributed by atoms with Crippen molar-refractivity contribution in [3.05, 3.63) is 23.8 Å². The van der Waals surface area contributed by atoms with Crippen LogP contribution in [0, 0.1) is 5.92 Å². The predicted octanol–water partition coefficient (Wildman–Crippen LogP) is 2.23. The Balaban J connectivity index is 2.17. The lowest BCUT2D eigenvalue weighted by molar-refractivity contribution is -0.110. The summed E-state index contributed by atoms with van der Waals surface area (Å²) < 4.78 is 11.1. The van der Waals surface area contributed by atoms with E-state index in [0.717, 1.165) is 36.2 Å². The Morgan fingerprint density at radius 2 is 2.06 bits per heavy atom. The maximum Gasteiger partial charge on any atom is 0.161 e. The summed E-state index contributed by atoms with van der Waals surface area (Å²) >= 11 is 0. The summed E-state index contributed by atoms with van der Waals surface area (Å²) in [5.41, 5.74) is 1.11. The zero-order valence-corrected chi connectivity index (χ0v) is 9.44. The molecule has 1 aliphatic heterocycles. The Morgan fingerprint density at radius 3 is 2.81 bits per heavy atom. The molecule has 0 radical (unpaired) electrons. The molecule has 1 aromatic rings. The first kappa shape index (κ1) is 11.0. The summed E-state index contributed by atoms with van der Waals surface area (Å²) in [7, 11) is 0. The van der Waals surface area contributed by atoms with E-state index in [1.54, 1.807) is 0 Å². The molecule has 1 heterocycles. The molecule has 0 N–H and O–H groups in total. The van der Waals surface area contributed by atoms with Crippen molar-refractivity contribution in [2.75, 3.05) is 13.2 Å². The second-order valence-electron chi connectivity index (χ2n) is 4.15. The van der Waals surface area contributed by atoms with Crippen molar-refractivity contribution in [1.29, 1.82) is 0 Å². The van der Waals surface area contributed by atoms with E-state index < -0.39 is 0 Å². The van der Waals surface area contributed by atoms with Crippen molar-refractivity contribution in [1.82, 2.24) is 0 Å². The largest absolute Gasteiger partial charge is 0.490 e. The molecule has 0 amide bonds. The number of fused-ring (bicyclic) bond motifs is 1. The molecular weight excluding hydrogens is 204 g/mol. The minimum atomic E-state index is 0.0461. The van der Waals surface area contributed by atoms with E-state index in [1.165, 1.54) is 0 Å². The van der Waals surface area contributed by atoms with Gasteiger partial charge in [0.2, 0.25) is 0 Å². The second kappa shape index (κ2) is 5.01. The summed E-state index contributed by atoms with van der Waals surface area (Å²) in [6.07, 6.45) is 2.64. The van der Waals surface area contributed by atoms with E-state index in [4.69, 9.17) is 9.47 Å². The topological polar surface area (TPSA) is 35.5 Å². The van der Waals surface area contributed by atoms with Crippen LogP contribution in [0.4, 0.5) is 0 Å². The highest BCUT2D eigenvalue weighted by atomic mass is 16.5. The number of carbonyl (C=O) groups is 1. The van der Waals surface area contributed by atoms with Gasteiger partial charge in [-0.2, -0.15) is 0 Å². The van der Waals surface area contributed by atoms with E-state index in [9.17, 15) is 4.79 Å². The van der Waals surface area contributed by atoms with Crippen molar-refractivity contribution in [2.45, 2.75) is 19.8 Å². The molecule has 0 spiro atoms. The van der Waals surface area contributed by atoms with E-state index in [-0.39, 0.29) is 5.92 Å². The van der Waals surface area contributed by atoms with Gasteiger partial charge in [-0.25, -0.2) is 0 Å². The number of carbonyl (C=O) groups excluding carboxylic acids is 1. The summed E-state index contributed by atoms with van der Waals surface area (Å²) in [4.78, 5) is 10.6. The molecule has 16 heavy (non-hydrogen) atoms. The molecule has 0 saturated heterocycles. The maximum absolute atomic E-state index is 10.6. The maximum atomic E-state index is 10.6. The number of ether oxygens (including phenoxy) is 2. The Hall–Kier alpha value is -1.51. The first-order valence-electron chi connectivity index (χ1n) is 5.63. The average Bonchev–Trinajstić information content (AvgIpc) is 2.53. The third-order valence-corrected chi connectivity index (χ3v) is 2.60. The third kappa shape index (κ3) is 2.54. The molecule has 1 unspecified atom stereocenters. The van der Waals surface area contributed by atoms with E-state index in [0.29, 0.717) is 13.2 Å². The first-order chi connectivity index (χ1) is 7.79. The van der Waals surface area contributed by atoms with Crippen LogP contribution in [0.15, 0.2) is 18.2 Å². The first-order valence-corrected chi connectivity index (χ1v) is 5.63. The van der Waals surface area contributed by atoms with Crippen molar-refractivity contribution < 1.29 is 14.3 Å². The quantitative estimate of drug-likeness (QED) is 0.733. The highest BCUT2D eigenvalue weighted by Gasteiger charge is 2.11. The molecule has 0 saturated carbocycles. The number of aldehydes is 1. The highest BCUT2D eigenvalue weighted by Crippen LogP contribution is 2.30. The highest BCUT2D eigenvalue weighted by molar-refractivity contribution is 5.54. The monoisotopic (exact) mass is 220 g/mol. The standard InChI is InChI=1S/C13H16O3/c1-10(9-14)7-11-3-4-12-13(8-11)16-6-2-5-15-12/h3-4,8-10H,2,5-7H2,1H3. The summed E-state index contributed by atoms with van der Waals surface area (Å²) in [5.74, 6) is 1.65. The van der Waals surface area contributed by atoms with Gasteiger partial charge in [-0.3, -0.25) is 0 Å². The minimum Gasteiger partial charge on any atom is -0.490 e. The van der Waals surface area contributed by atoms with Crippen LogP contribution >= 0.6 is 0 Å². The van der Waals surface area contributed by atoms with Gasteiger partial charge in [-0.15, -0.1) is 0 Å². The van der Waals surface area contributed by atoms with E-state index in [1.807, 2.05) is 25.1 Å². The van der Waals surface area contributed by atoms with Crippen LogP contribution in [-0.2, 0) is 11.2 Å². The molecule has 0 fully saturated rings. The summed E-state index contributed by atoms with van der Waals surface area (Å²) in [6, 6.07) is 5.89. The molecule has 1 aromatic carbocycles. The van der Waals surface area contributed by atoms with Crippen molar-refractivity contribution in [3.63, 3.8) is 0 Å². The van der Waals surface area contributed by atoms with Gasteiger partial charge in [0.15, 0.2) is 11.5 Å². The number of benzene rings is 1. The fourth-order valence-electron chi connectivity index (χ4n) is 1.75. The smallest absolute Gasteiger partial charge is 0.161 e. The number of hydrogen-bond donors (Lipinski definition) is 0. The molecule has 2 rings (SSSR count). The second-order valence-corrected chi connectivity index (χ2v) is 4.15. The predicted molar refractivity (Wildman–Crippen MR) is 61.0 cm³/mol. The van der Waals surface area contributed by atoms with Crippen molar-refractivity contribution in [2.24, 2.45) is 5.92 Å². The third-order valence-electron chi connectivity index (χ3n) is 2.60. The molecular formula is C13H16O3. The fourth-order valence-corrected chi connectivity index (χ4v) is 1.75. The van der Waals surface area contributed by atoms with Gasteiger partial charge in [0, 0.05) is 12.3 Å². The molecule has 1 aliphatic rings. The van der Waals surface area contributed by atoms with Crippen LogP contribution < -0.4 is 9.47 Å². The van der Waals surface area contributed by atoms with E-state index >= 15 is 0 Å². The fraction of sp³-hybridized carbons (Fsp3) is 0.462. The van der Waals surface area contributed by atoms with Gasteiger partial charge in [-0.05, 0) is 24.1 Å². The Kier molecular flexibility index (Phi) is 3.44. The Bertz CT molecular complexity index is 373. The number of hydrogen-bond acceptors (Lipinski definition) is 3. The van der Waals surface area contributed by atoms with Crippen molar-refractivity contribution >= 4 is 6.29 Å². The zero-order chi connectivity index (χ0) is 11.4. The van der Waals surface area contributed by atoms with Crippen LogP contribution in [-0.4, -0.2) is 19.5 Å². The zero-order valence-electron chi connectivity index (χ0n) is 9.44. The molecule has 0 aromatic heterocycles. The van der Waals surface area contributed by atoms with Crippen LogP contribution in [0.2, 0.25) is 0 Å². The molecule has 3 heteroatoms. The molecule has 0 bridgehead atoms. The van der Waals surface area contributed by atoms with Gasteiger partial charge in [-0.1, -0.05) is 13.0 Å². The molecule has 1 atom stereocenters. The summed E-state index contributed by atoms with van der Waals surface area (Å²) in [6.45, 7) is 3.31. The van der Waals surface area contributed by atoms with Crippen LogP contribution in [0.3, 0.4) is 0 Å². The van der Waals surface area contributed by atoms with Gasteiger partial charge in [0.05, 0.1) is 13.2 Å². The van der Waals surface area contributed by atoms with E-state index in [2.05, 4.69) is 0 Å². The molecule has 86 valence electrons. The Morgan fingerprint density at radius 1 is 1.31 bits per heavy atom. The van der Waals surface area contributed by atoms with Crippen LogP contribution in [0.25, 0.3) is 0 Å². The lowest BCUT2D eigenvalue weighted by Gasteiger charge is -2.10. The normalized spacial score (nSPS) is 16.3. The van der Waals surface area contributed by atoms with Crippen LogP contribution in [0.1, 0.15) is 18.9 Å². The minimum absolute atomic E-state index is 0.0461. The lowest BCUT2D eigenvalue weighted by atomic mass is 10.0. The average molecular weight is 220 g/mol. The Labute approximate surface area is 95.4 Å².